The number of nitrogens with zero attached hydrogens (tertiary/aromatic N) is 1. The van der Waals surface area contributed by atoms with E-state index in [1.807, 2.05) is 25.1 Å². The molecule has 0 aliphatic heterocycles. The molecule has 0 spiro atoms. The quantitative estimate of drug-likeness (QED) is 0.891. The van der Waals surface area contributed by atoms with Gasteiger partial charge >= 0.3 is 5.97 Å². The van der Waals surface area contributed by atoms with Crippen LogP contribution in [0.2, 0.25) is 0 Å². The fourth-order valence-corrected chi connectivity index (χ4v) is 1.89. The zero-order chi connectivity index (χ0) is 13.3. The minimum absolute atomic E-state index is 0.351. The molecule has 0 unspecified atom stereocenters. The second kappa shape index (κ2) is 4.73. The zero-order valence-electron chi connectivity index (χ0n) is 9.40. The number of aromatic amines is 1. The van der Waals surface area contributed by atoms with Crippen LogP contribution in [-0.2, 0) is 0 Å². The molecule has 0 aliphatic carbocycles. The van der Waals surface area contributed by atoms with E-state index >= 15 is 0 Å². The molecule has 92 valence electrons. The Kier molecular flexibility index (Phi) is 3.29. The van der Waals surface area contributed by atoms with E-state index in [-0.39, 0.29) is 5.56 Å². The molecule has 2 N–H and O–H groups in total. The molecule has 0 amide bonds. The average molecular weight is 309 g/mol. The fraction of sp³-hybridized carbons (Fsp3) is 0.0833. The Hall–Kier alpha value is -1.95. The lowest BCUT2D eigenvalue weighted by Gasteiger charge is -2.05. The van der Waals surface area contributed by atoms with Gasteiger partial charge in [-0.1, -0.05) is 22.0 Å². The number of aromatic carboxylic acids is 1. The van der Waals surface area contributed by atoms with Gasteiger partial charge in [0.2, 0.25) is 0 Å². The van der Waals surface area contributed by atoms with Gasteiger partial charge in [0, 0.05) is 16.2 Å². The molecule has 0 aliphatic rings. The molecule has 0 saturated heterocycles. The summed E-state index contributed by atoms with van der Waals surface area (Å²) < 4.78 is 0.855. The summed E-state index contributed by atoms with van der Waals surface area (Å²) in [5.41, 5.74) is 0.654. The number of nitrogens with one attached hydrogen (secondary N) is 1. The third-order valence-electron chi connectivity index (χ3n) is 2.48. The predicted octanol–water partition coefficient (Wildman–Crippen LogP) is 2.21. The standard InChI is InChI=1S/C12H9BrN2O3/c1-6-2-3-7(13)4-8(6)10-14-5-9(12(17)18)11(16)15-10/h2-5H,1H3,(H,17,18)(H,14,15,16). The number of aromatic nitrogens is 2. The van der Waals surface area contributed by atoms with Crippen LogP contribution in [0.25, 0.3) is 11.4 Å². The molecule has 1 heterocycles. The average Bonchev–Trinajstić information content (AvgIpc) is 2.31. The number of hydrogen-bond acceptors (Lipinski definition) is 3. The third kappa shape index (κ3) is 2.33. The first-order chi connectivity index (χ1) is 8.49. The van der Waals surface area contributed by atoms with Gasteiger partial charge in [0.05, 0.1) is 0 Å². The van der Waals surface area contributed by atoms with Gasteiger partial charge in [0.15, 0.2) is 0 Å². The number of aryl methyl sites for hydroxylation is 1. The van der Waals surface area contributed by atoms with Crippen molar-refractivity contribution in [3.05, 3.63) is 50.3 Å². The molecule has 0 saturated carbocycles. The topological polar surface area (TPSA) is 83.0 Å². The van der Waals surface area contributed by atoms with E-state index in [0.717, 1.165) is 21.8 Å². The minimum atomic E-state index is -1.29. The van der Waals surface area contributed by atoms with Gasteiger partial charge in [0.25, 0.3) is 5.56 Å². The molecule has 1 aromatic heterocycles. The lowest BCUT2D eigenvalue weighted by molar-refractivity contribution is 0.0694. The van der Waals surface area contributed by atoms with E-state index in [1.54, 1.807) is 0 Å². The molecule has 0 fully saturated rings. The van der Waals surface area contributed by atoms with Crippen LogP contribution in [-0.4, -0.2) is 21.0 Å². The first kappa shape index (κ1) is 12.5. The molecular formula is C12H9BrN2O3. The maximum atomic E-state index is 11.6. The molecule has 0 atom stereocenters. The van der Waals surface area contributed by atoms with Crippen LogP contribution in [0, 0.1) is 6.92 Å². The predicted molar refractivity (Wildman–Crippen MR) is 69.7 cm³/mol. The van der Waals surface area contributed by atoms with E-state index < -0.39 is 11.5 Å². The molecule has 0 radical (unpaired) electrons. The van der Waals surface area contributed by atoms with E-state index in [0.29, 0.717) is 5.82 Å². The Labute approximate surface area is 111 Å². The normalized spacial score (nSPS) is 10.3. The second-order valence-electron chi connectivity index (χ2n) is 3.74. The number of carbonyl (C=O) groups is 1. The van der Waals surface area contributed by atoms with Gasteiger partial charge in [-0.15, -0.1) is 0 Å². The highest BCUT2D eigenvalue weighted by molar-refractivity contribution is 9.10. The number of rotatable bonds is 2. The maximum Gasteiger partial charge on any atom is 0.342 e. The summed E-state index contributed by atoms with van der Waals surface area (Å²) >= 11 is 3.34. The zero-order valence-corrected chi connectivity index (χ0v) is 11.0. The minimum Gasteiger partial charge on any atom is -0.477 e. The molecule has 0 bridgehead atoms. The van der Waals surface area contributed by atoms with E-state index in [4.69, 9.17) is 5.11 Å². The molecule has 6 heteroatoms. The number of halogens is 1. The van der Waals surface area contributed by atoms with Crippen LogP contribution in [0.4, 0.5) is 0 Å². The molecule has 2 rings (SSSR count). The number of carboxylic acid groups (broad SMARTS) is 1. The summed E-state index contributed by atoms with van der Waals surface area (Å²) in [6.45, 7) is 1.88. The van der Waals surface area contributed by atoms with Gasteiger partial charge in [-0.3, -0.25) is 4.79 Å². The van der Waals surface area contributed by atoms with Gasteiger partial charge in [-0.25, -0.2) is 9.78 Å². The summed E-state index contributed by atoms with van der Waals surface area (Å²) in [7, 11) is 0. The first-order valence-corrected chi connectivity index (χ1v) is 5.87. The monoisotopic (exact) mass is 308 g/mol. The van der Waals surface area contributed by atoms with Crippen LogP contribution in [0.15, 0.2) is 33.7 Å². The van der Waals surface area contributed by atoms with Gasteiger partial charge in [0.1, 0.15) is 11.4 Å². The van der Waals surface area contributed by atoms with E-state index in [2.05, 4.69) is 25.9 Å². The van der Waals surface area contributed by atoms with Gasteiger partial charge in [-0.05, 0) is 24.6 Å². The van der Waals surface area contributed by atoms with E-state index in [1.165, 1.54) is 0 Å². The summed E-state index contributed by atoms with van der Waals surface area (Å²) in [6.07, 6.45) is 1.07. The first-order valence-electron chi connectivity index (χ1n) is 5.08. The summed E-state index contributed by atoms with van der Waals surface area (Å²) in [4.78, 5) is 28.7. The SMILES string of the molecule is Cc1ccc(Br)cc1-c1ncc(C(=O)O)c(=O)[nH]1. The molecule has 1 aromatic carbocycles. The van der Waals surface area contributed by atoms with Gasteiger partial charge in [-0.2, -0.15) is 0 Å². The second-order valence-corrected chi connectivity index (χ2v) is 4.65. The van der Waals surface area contributed by atoms with Crippen molar-refractivity contribution in [3.63, 3.8) is 0 Å². The van der Waals surface area contributed by atoms with Crippen LogP contribution in [0.1, 0.15) is 15.9 Å². The number of benzene rings is 1. The lowest BCUT2D eigenvalue weighted by Crippen LogP contribution is -2.18. The van der Waals surface area contributed by atoms with Crippen molar-refractivity contribution in [1.82, 2.24) is 9.97 Å². The van der Waals surface area contributed by atoms with Crippen LogP contribution < -0.4 is 5.56 Å². The number of carboxylic acids is 1. The van der Waals surface area contributed by atoms with E-state index in [9.17, 15) is 9.59 Å². The molecule has 5 nitrogen and oxygen atoms in total. The Morgan fingerprint density at radius 2 is 2.17 bits per heavy atom. The van der Waals surface area contributed by atoms with Crippen molar-refractivity contribution in [2.24, 2.45) is 0 Å². The largest absolute Gasteiger partial charge is 0.477 e. The summed E-state index contributed by atoms with van der Waals surface area (Å²) in [6, 6.07) is 5.57. The number of H-pyrrole nitrogens is 1. The Morgan fingerprint density at radius 3 is 2.78 bits per heavy atom. The molecular weight excluding hydrogens is 300 g/mol. The van der Waals surface area contributed by atoms with Crippen molar-refractivity contribution in [1.29, 1.82) is 0 Å². The van der Waals surface area contributed by atoms with Gasteiger partial charge < -0.3 is 10.1 Å². The Morgan fingerprint density at radius 1 is 1.44 bits per heavy atom. The van der Waals surface area contributed by atoms with Crippen LogP contribution in [0.3, 0.4) is 0 Å². The summed E-state index contributed by atoms with van der Waals surface area (Å²) in [5, 5.41) is 8.76. The third-order valence-corrected chi connectivity index (χ3v) is 2.98. The summed E-state index contributed by atoms with van der Waals surface area (Å²) in [5.74, 6) is -0.940. The smallest absolute Gasteiger partial charge is 0.342 e. The van der Waals surface area contributed by atoms with Crippen LogP contribution in [0.5, 0.6) is 0 Å². The Bertz CT molecular complexity index is 679. The number of hydrogen-bond donors (Lipinski definition) is 2. The molecule has 2 aromatic rings. The highest BCUT2D eigenvalue weighted by Gasteiger charge is 2.11. The maximum absolute atomic E-state index is 11.6. The highest BCUT2D eigenvalue weighted by atomic mass is 79.9. The fourth-order valence-electron chi connectivity index (χ4n) is 1.53. The van der Waals surface area contributed by atoms with Crippen molar-refractivity contribution in [2.45, 2.75) is 6.92 Å². The Balaban J connectivity index is 2.59. The molecule has 18 heavy (non-hydrogen) atoms. The lowest BCUT2D eigenvalue weighted by atomic mass is 10.1. The van der Waals surface area contributed by atoms with Crippen molar-refractivity contribution >= 4 is 21.9 Å². The van der Waals surface area contributed by atoms with Crippen molar-refractivity contribution in [3.8, 4) is 11.4 Å². The van der Waals surface area contributed by atoms with Crippen molar-refractivity contribution in [2.75, 3.05) is 0 Å². The van der Waals surface area contributed by atoms with Crippen molar-refractivity contribution < 1.29 is 9.90 Å². The van der Waals surface area contributed by atoms with Crippen LogP contribution >= 0.6 is 15.9 Å². The highest BCUT2D eigenvalue weighted by Crippen LogP contribution is 2.23.